The lowest BCUT2D eigenvalue weighted by Gasteiger charge is -2.36. The fourth-order valence-electron chi connectivity index (χ4n) is 4.40. The molecule has 0 atom stereocenters. The van der Waals surface area contributed by atoms with Crippen molar-refractivity contribution in [2.24, 2.45) is 0 Å². The number of halogens is 3. The molecule has 0 unspecified atom stereocenters. The third-order valence-corrected chi connectivity index (χ3v) is 6.62. The van der Waals surface area contributed by atoms with E-state index in [-0.39, 0.29) is 5.82 Å². The number of piperazine rings is 1. The first-order valence-corrected chi connectivity index (χ1v) is 12.0. The van der Waals surface area contributed by atoms with Gasteiger partial charge in [-0.1, -0.05) is 12.1 Å². The van der Waals surface area contributed by atoms with Gasteiger partial charge in [-0.2, -0.15) is 28.1 Å². The molecule has 2 aliphatic heterocycles. The predicted molar refractivity (Wildman–Crippen MR) is 131 cm³/mol. The highest BCUT2D eigenvalue weighted by molar-refractivity contribution is 5.61. The zero-order valence-corrected chi connectivity index (χ0v) is 20.3. The van der Waals surface area contributed by atoms with Gasteiger partial charge >= 0.3 is 6.18 Å². The normalized spacial score (nSPS) is 17.0. The molecule has 2 aromatic heterocycles. The molecule has 2 saturated heterocycles. The van der Waals surface area contributed by atoms with E-state index >= 15 is 0 Å². The van der Waals surface area contributed by atoms with Crippen LogP contribution in [0.5, 0.6) is 0 Å². The van der Waals surface area contributed by atoms with Gasteiger partial charge in [0.25, 0.3) is 0 Å². The molecule has 3 aromatic rings. The van der Waals surface area contributed by atoms with Crippen LogP contribution in [0.25, 0.3) is 11.4 Å². The average molecular weight is 500 g/mol. The second-order valence-electron chi connectivity index (χ2n) is 9.00. The van der Waals surface area contributed by atoms with E-state index in [1.807, 2.05) is 17.0 Å². The fourth-order valence-corrected chi connectivity index (χ4v) is 4.40. The Bertz CT molecular complexity index is 1220. The van der Waals surface area contributed by atoms with Crippen LogP contribution in [0, 0.1) is 13.8 Å². The third-order valence-electron chi connectivity index (χ3n) is 6.62. The van der Waals surface area contributed by atoms with E-state index in [0.717, 1.165) is 17.2 Å². The number of morpholine rings is 1. The van der Waals surface area contributed by atoms with Crippen LogP contribution in [-0.4, -0.2) is 72.4 Å². The number of benzene rings is 1. The summed E-state index contributed by atoms with van der Waals surface area (Å²) in [6.07, 6.45) is -3.06. The van der Waals surface area contributed by atoms with Gasteiger partial charge in [-0.05, 0) is 43.2 Å². The Hall–Kier alpha value is -3.47. The molecule has 0 radical (unpaired) electrons. The monoisotopic (exact) mass is 499 g/mol. The van der Waals surface area contributed by atoms with Crippen LogP contribution in [0.4, 0.5) is 30.9 Å². The van der Waals surface area contributed by atoms with E-state index < -0.39 is 11.7 Å². The Balaban J connectivity index is 1.43. The first-order valence-electron chi connectivity index (χ1n) is 12.0. The van der Waals surface area contributed by atoms with Gasteiger partial charge in [0.1, 0.15) is 5.82 Å². The van der Waals surface area contributed by atoms with Crippen LogP contribution >= 0.6 is 0 Å². The lowest BCUT2D eigenvalue weighted by molar-refractivity contribution is -0.137. The molecule has 4 heterocycles. The van der Waals surface area contributed by atoms with Crippen molar-refractivity contribution in [2.45, 2.75) is 20.0 Å². The Kier molecular flexibility index (Phi) is 6.65. The Morgan fingerprint density at radius 2 is 1.42 bits per heavy atom. The lowest BCUT2D eigenvalue weighted by Crippen LogP contribution is -2.48. The number of hydrogen-bond acceptors (Lipinski definition) is 8. The lowest BCUT2D eigenvalue weighted by atomic mass is 10.1. The molecule has 0 spiro atoms. The number of rotatable bonds is 4. The Morgan fingerprint density at radius 3 is 2.06 bits per heavy atom. The minimum absolute atomic E-state index is 0.0369. The molecule has 2 aliphatic rings. The highest BCUT2D eigenvalue weighted by Gasteiger charge is 2.36. The van der Waals surface area contributed by atoms with E-state index in [0.29, 0.717) is 70.2 Å². The number of ether oxygens (including phenoxy) is 1. The minimum atomic E-state index is -4.46. The van der Waals surface area contributed by atoms with Crippen molar-refractivity contribution in [1.29, 1.82) is 0 Å². The van der Waals surface area contributed by atoms with Crippen molar-refractivity contribution in [2.75, 3.05) is 67.2 Å². The average Bonchev–Trinajstić information content (AvgIpc) is 2.90. The molecule has 5 rings (SSSR count). The van der Waals surface area contributed by atoms with Gasteiger partial charge in [-0.15, -0.1) is 0 Å². The number of aryl methyl sites for hydroxylation is 2. The molecule has 11 heteroatoms. The van der Waals surface area contributed by atoms with Crippen LogP contribution in [0.15, 0.2) is 36.5 Å². The van der Waals surface area contributed by atoms with Gasteiger partial charge in [0.05, 0.1) is 18.8 Å². The van der Waals surface area contributed by atoms with Gasteiger partial charge in [-0.3, -0.25) is 0 Å². The summed E-state index contributed by atoms with van der Waals surface area (Å²) in [5.41, 5.74) is 2.51. The van der Waals surface area contributed by atoms with Gasteiger partial charge in [0, 0.05) is 51.0 Å². The maximum atomic E-state index is 13.5. The van der Waals surface area contributed by atoms with Crippen LogP contribution in [0.3, 0.4) is 0 Å². The van der Waals surface area contributed by atoms with Crippen LogP contribution in [0.2, 0.25) is 0 Å². The number of pyridine rings is 1. The quantitative estimate of drug-likeness (QED) is 0.538. The molecule has 190 valence electrons. The van der Waals surface area contributed by atoms with Gasteiger partial charge < -0.3 is 19.4 Å². The number of hydrogen-bond donors (Lipinski definition) is 0. The van der Waals surface area contributed by atoms with Crippen LogP contribution in [-0.2, 0) is 10.9 Å². The topological polar surface area (TPSA) is 70.5 Å². The van der Waals surface area contributed by atoms with E-state index in [9.17, 15) is 13.2 Å². The van der Waals surface area contributed by atoms with Crippen molar-refractivity contribution >= 4 is 17.7 Å². The number of nitrogens with zero attached hydrogens (tertiary/aromatic N) is 7. The number of anilines is 3. The van der Waals surface area contributed by atoms with Crippen molar-refractivity contribution in [3.8, 4) is 11.4 Å². The first-order chi connectivity index (χ1) is 17.3. The molecule has 0 aliphatic carbocycles. The summed E-state index contributed by atoms with van der Waals surface area (Å²) in [7, 11) is 0. The van der Waals surface area contributed by atoms with Crippen molar-refractivity contribution in [1.82, 2.24) is 19.9 Å². The summed E-state index contributed by atoms with van der Waals surface area (Å²) in [6, 6.07) is 8.50. The number of alkyl halides is 3. The Labute approximate surface area is 207 Å². The summed E-state index contributed by atoms with van der Waals surface area (Å²) < 4.78 is 46.0. The minimum Gasteiger partial charge on any atom is -0.378 e. The zero-order chi connectivity index (χ0) is 25.3. The van der Waals surface area contributed by atoms with Crippen LogP contribution < -0.4 is 14.7 Å². The highest BCUT2D eigenvalue weighted by atomic mass is 19.4. The molecular formula is C25H28F3N7O. The third kappa shape index (κ3) is 5.06. The molecule has 2 fully saturated rings. The van der Waals surface area contributed by atoms with Crippen molar-refractivity contribution in [3.63, 3.8) is 0 Å². The second-order valence-corrected chi connectivity index (χ2v) is 9.00. The van der Waals surface area contributed by atoms with E-state index in [1.54, 1.807) is 4.90 Å². The summed E-state index contributed by atoms with van der Waals surface area (Å²) in [5, 5.41) is 0. The maximum absolute atomic E-state index is 13.5. The van der Waals surface area contributed by atoms with Gasteiger partial charge in [-0.25, -0.2) is 4.98 Å². The van der Waals surface area contributed by atoms with Crippen molar-refractivity contribution in [3.05, 3.63) is 53.2 Å². The second kappa shape index (κ2) is 9.88. The number of aromatic nitrogens is 4. The van der Waals surface area contributed by atoms with E-state index in [2.05, 4.69) is 29.8 Å². The SMILES string of the molecule is Cc1ccc(-c2nc(N3CCOCC3)nc(N3CCN(c4ncccc4C(F)(F)F)CC3)n2)cc1C. The largest absolute Gasteiger partial charge is 0.419 e. The highest BCUT2D eigenvalue weighted by Crippen LogP contribution is 2.35. The molecule has 0 amide bonds. The maximum Gasteiger partial charge on any atom is 0.419 e. The van der Waals surface area contributed by atoms with Crippen molar-refractivity contribution < 1.29 is 17.9 Å². The fraction of sp³-hybridized carbons (Fsp3) is 0.440. The predicted octanol–water partition coefficient (Wildman–Crippen LogP) is 3.73. The Morgan fingerprint density at radius 1 is 0.778 bits per heavy atom. The van der Waals surface area contributed by atoms with Crippen LogP contribution in [0.1, 0.15) is 16.7 Å². The summed E-state index contributed by atoms with van der Waals surface area (Å²) in [5.74, 6) is 1.65. The summed E-state index contributed by atoms with van der Waals surface area (Å²) in [6.45, 7) is 8.36. The molecule has 8 nitrogen and oxygen atoms in total. The van der Waals surface area contributed by atoms with E-state index in [1.165, 1.54) is 17.8 Å². The molecule has 1 aromatic carbocycles. The molecule has 0 N–H and O–H groups in total. The van der Waals surface area contributed by atoms with Gasteiger partial charge in [0.15, 0.2) is 5.82 Å². The molecule has 0 saturated carbocycles. The van der Waals surface area contributed by atoms with E-state index in [4.69, 9.17) is 19.7 Å². The molecular weight excluding hydrogens is 471 g/mol. The summed E-state index contributed by atoms with van der Waals surface area (Å²) in [4.78, 5) is 24.1. The molecule has 36 heavy (non-hydrogen) atoms. The van der Waals surface area contributed by atoms with Gasteiger partial charge in [0.2, 0.25) is 11.9 Å². The first kappa shape index (κ1) is 24.2. The zero-order valence-electron chi connectivity index (χ0n) is 20.3. The summed E-state index contributed by atoms with van der Waals surface area (Å²) >= 11 is 0. The smallest absolute Gasteiger partial charge is 0.378 e. The molecule has 0 bridgehead atoms. The standard InChI is InChI=1S/C25H28F3N7O/c1-17-5-6-19(16-18(17)2)21-30-23(32-24(31-21)35-12-14-36-15-13-35)34-10-8-33(9-11-34)22-20(25(26,27)28)4-3-7-29-22/h3-7,16H,8-15H2,1-2H3.